The Morgan fingerprint density at radius 3 is 2.26 bits per heavy atom. The number of aryl methyl sites for hydroxylation is 2. The van der Waals surface area contributed by atoms with Gasteiger partial charge in [-0.25, -0.2) is 9.59 Å². The second kappa shape index (κ2) is 14.1. The number of piperidine rings is 2. The van der Waals surface area contributed by atoms with Crippen LogP contribution >= 0.6 is 0 Å². The highest BCUT2D eigenvalue weighted by Gasteiger charge is 2.25. The Labute approximate surface area is 202 Å². The van der Waals surface area contributed by atoms with E-state index in [0.717, 1.165) is 37.9 Å². The molecule has 9 nitrogen and oxygen atoms in total. The average molecular weight is 477 g/mol. The van der Waals surface area contributed by atoms with Gasteiger partial charge in [0, 0.05) is 36.5 Å². The zero-order chi connectivity index (χ0) is 24.2. The van der Waals surface area contributed by atoms with Crippen LogP contribution in [0.4, 0.5) is 0 Å². The van der Waals surface area contributed by atoms with E-state index in [4.69, 9.17) is 14.9 Å². The Kier molecular flexibility index (Phi) is 10.9. The van der Waals surface area contributed by atoms with Crippen molar-refractivity contribution in [3.63, 3.8) is 0 Å². The maximum Gasteiger partial charge on any atom is 0.328 e. The smallest absolute Gasteiger partial charge is 0.328 e. The molecule has 0 unspecified atom stereocenters. The monoisotopic (exact) mass is 476 g/mol. The van der Waals surface area contributed by atoms with Crippen LogP contribution in [0.15, 0.2) is 18.2 Å². The van der Waals surface area contributed by atoms with Gasteiger partial charge in [0.2, 0.25) is 5.88 Å². The molecule has 1 aromatic rings. The number of fused-ring (bicyclic) bond motifs is 1. The van der Waals surface area contributed by atoms with Gasteiger partial charge in [-0.3, -0.25) is 4.68 Å². The molecule has 0 radical (unpaired) electrons. The molecule has 2 N–H and O–H groups in total. The molecule has 34 heavy (non-hydrogen) atoms. The summed E-state index contributed by atoms with van der Waals surface area (Å²) in [5, 5.41) is 20.2. The Balaban J connectivity index is 0.000000350. The summed E-state index contributed by atoms with van der Waals surface area (Å²) in [5.41, 5.74) is 1.35. The number of unbranched alkanes of at least 4 members (excludes halogenated alkanes) is 1. The fourth-order valence-electron chi connectivity index (χ4n) is 5.01. The van der Waals surface area contributed by atoms with Gasteiger partial charge >= 0.3 is 11.9 Å². The molecular weight excluding hydrogens is 436 g/mol. The average Bonchev–Trinajstić information content (AvgIpc) is 3.27. The first-order chi connectivity index (χ1) is 16.5. The van der Waals surface area contributed by atoms with E-state index in [1.807, 2.05) is 0 Å². The lowest BCUT2D eigenvalue weighted by molar-refractivity contribution is -0.134. The van der Waals surface area contributed by atoms with Crippen LogP contribution in [0.25, 0.3) is 0 Å². The molecule has 3 aliphatic rings. The van der Waals surface area contributed by atoms with E-state index in [-0.39, 0.29) is 0 Å². The minimum Gasteiger partial charge on any atom is -0.478 e. The maximum atomic E-state index is 9.55. The minimum absolute atomic E-state index is 0.558. The molecule has 2 fully saturated rings. The third-order valence-electron chi connectivity index (χ3n) is 6.84. The van der Waals surface area contributed by atoms with Gasteiger partial charge in [0.05, 0.1) is 6.61 Å². The summed E-state index contributed by atoms with van der Waals surface area (Å²) in [6.07, 6.45) is 14.2. The number of rotatable bonds is 9. The van der Waals surface area contributed by atoms with E-state index in [1.54, 1.807) is 0 Å². The standard InChI is InChI=1S/C21H36N4O.C4H4O4/c1-3-12-24(13-4-1)19-9-15-23(16-10-19)11-6-7-17-26-21-18-20-8-2-5-14-25(20)22-21;5-3(6)1-2-4(7)8/h18-19H,1-17H2;1-2H,(H,5,6)(H,7,8). The number of nitrogens with zero attached hydrogens (tertiary/aromatic N) is 4. The van der Waals surface area contributed by atoms with E-state index >= 15 is 0 Å². The van der Waals surface area contributed by atoms with E-state index < -0.39 is 11.9 Å². The molecule has 1 aromatic heterocycles. The van der Waals surface area contributed by atoms with Crippen LogP contribution in [0.5, 0.6) is 5.88 Å². The summed E-state index contributed by atoms with van der Waals surface area (Å²) in [6, 6.07) is 3.01. The van der Waals surface area contributed by atoms with Crippen LogP contribution < -0.4 is 4.74 Å². The van der Waals surface area contributed by atoms with E-state index in [1.165, 1.54) is 89.8 Å². The zero-order valence-corrected chi connectivity index (χ0v) is 20.2. The van der Waals surface area contributed by atoms with Crippen LogP contribution in [0, 0.1) is 0 Å². The second-order valence-electron chi connectivity index (χ2n) is 9.39. The number of carbonyl (C=O) groups is 2. The molecule has 0 amide bonds. The topological polar surface area (TPSA) is 108 Å². The highest BCUT2D eigenvalue weighted by molar-refractivity contribution is 5.89. The summed E-state index contributed by atoms with van der Waals surface area (Å²) >= 11 is 0. The first-order valence-corrected chi connectivity index (χ1v) is 12.8. The summed E-state index contributed by atoms with van der Waals surface area (Å²) < 4.78 is 8.02. The molecule has 3 aliphatic heterocycles. The number of carboxylic acids is 2. The van der Waals surface area contributed by atoms with Crippen molar-refractivity contribution >= 4 is 11.9 Å². The van der Waals surface area contributed by atoms with Gasteiger partial charge in [-0.2, -0.15) is 0 Å². The quantitative estimate of drug-likeness (QED) is 0.414. The van der Waals surface area contributed by atoms with Gasteiger partial charge in [0.1, 0.15) is 0 Å². The highest BCUT2D eigenvalue weighted by atomic mass is 16.5. The summed E-state index contributed by atoms with van der Waals surface area (Å²) in [4.78, 5) is 24.5. The molecule has 2 saturated heterocycles. The van der Waals surface area contributed by atoms with Gasteiger partial charge in [0.15, 0.2) is 0 Å². The van der Waals surface area contributed by atoms with E-state index in [9.17, 15) is 9.59 Å². The Morgan fingerprint density at radius 2 is 1.62 bits per heavy atom. The van der Waals surface area contributed by atoms with Crippen LogP contribution in [0.2, 0.25) is 0 Å². The van der Waals surface area contributed by atoms with Crippen molar-refractivity contribution in [3.05, 3.63) is 23.9 Å². The predicted octanol–water partition coefficient (Wildman–Crippen LogP) is 3.04. The number of hydrogen-bond acceptors (Lipinski definition) is 6. The highest BCUT2D eigenvalue weighted by Crippen LogP contribution is 2.21. The van der Waals surface area contributed by atoms with Crippen molar-refractivity contribution in [3.8, 4) is 5.88 Å². The Morgan fingerprint density at radius 1 is 0.941 bits per heavy atom. The molecule has 0 saturated carbocycles. The molecule has 0 aliphatic carbocycles. The first-order valence-electron chi connectivity index (χ1n) is 12.8. The Bertz CT molecular complexity index is 756. The van der Waals surface area contributed by atoms with Crippen molar-refractivity contribution in [1.82, 2.24) is 19.6 Å². The number of hydrogen-bond donors (Lipinski definition) is 2. The van der Waals surface area contributed by atoms with E-state index in [2.05, 4.69) is 25.6 Å². The largest absolute Gasteiger partial charge is 0.478 e. The van der Waals surface area contributed by atoms with Crippen LogP contribution in [0.3, 0.4) is 0 Å². The second-order valence-corrected chi connectivity index (χ2v) is 9.39. The molecular formula is C25H40N4O5. The molecule has 4 rings (SSSR count). The lowest BCUT2D eigenvalue weighted by atomic mass is 10.00. The van der Waals surface area contributed by atoms with Gasteiger partial charge < -0.3 is 24.7 Å². The molecule has 0 atom stereocenters. The van der Waals surface area contributed by atoms with Crippen molar-refractivity contribution < 1.29 is 24.5 Å². The summed E-state index contributed by atoms with van der Waals surface area (Å²) in [7, 11) is 0. The van der Waals surface area contributed by atoms with Crippen LogP contribution in [-0.4, -0.2) is 87.1 Å². The fourth-order valence-corrected chi connectivity index (χ4v) is 5.01. The number of likely N-dealkylation sites (tertiary alicyclic amines) is 2. The van der Waals surface area contributed by atoms with Crippen molar-refractivity contribution in [2.24, 2.45) is 0 Å². The molecule has 4 heterocycles. The fraction of sp³-hybridized carbons (Fsp3) is 0.720. The summed E-state index contributed by atoms with van der Waals surface area (Å²) in [6.45, 7) is 8.37. The minimum atomic E-state index is -1.26. The molecule has 0 bridgehead atoms. The van der Waals surface area contributed by atoms with Gasteiger partial charge in [-0.1, -0.05) is 6.42 Å². The SMILES string of the molecule is O=C(O)C=CC(=O)O.c1c(OCCCCN2CCC(N3CCCCC3)CC2)nn2c1CCCC2. The van der Waals surface area contributed by atoms with Crippen molar-refractivity contribution in [2.75, 3.05) is 39.3 Å². The van der Waals surface area contributed by atoms with Gasteiger partial charge in [-0.15, -0.1) is 5.10 Å². The Hall–Kier alpha value is -2.39. The van der Waals surface area contributed by atoms with Crippen LogP contribution in [-0.2, 0) is 22.6 Å². The molecule has 0 aromatic carbocycles. The van der Waals surface area contributed by atoms with Gasteiger partial charge in [-0.05, 0) is 90.5 Å². The zero-order valence-electron chi connectivity index (χ0n) is 20.2. The number of ether oxygens (including phenoxy) is 1. The third kappa shape index (κ3) is 9.10. The molecule has 0 spiro atoms. The lowest BCUT2D eigenvalue weighted by Crippen LogP contribution is -2.46. The number of aliphatic carboxylic acids is 2. The molecule has 9 heteroatoms. The number of aromatic nitrogens is 2. The maximum absolute atomic E-state index is 9.55. The first kappa shape index (κ1) is 26.2. The van der Waals surface area contributed by atoms with Crippen molar-refractivity contribution in [2.45, 2.75) is 76.8 Å². The lowest BCUT2D eigenvalue weighted by Gasteiger charge is -2.40. The third-order valence-corrected chi connectivity index (χ3v) is 6.84. The van der Waals surface area contributed by atoms with Crippen LogP contribution in [0.1, 0.15) is 63.5 Å². The summed E-state index contributed by atoms with van der Waals surface area (Å²) in [5.74, 6) is -1.68. The van der Waals surface area contributed by atoms with Crippen molar-refractivity contribution in [1.29, 1.82) is 0 Å². The number of carboxylic acid groups (broad SMARTS) is 2. The molecule has 190 valence electrons. The normalized spacial score (nSPS) is 19.9. The van der Waals surface area contributed by atoms with Gasteiger partial charge in [0.25, 0.3) is 0 Å². The predicted molar refractivity (Wildman–Crippen MR) is 129 cm³/mol. The van der Waals surface area contributed by atoms with E-state index in [0.29, 0.717) is 12.2 Å².